The minimum absolute atomic E-state index is 0.108. The van der Waals surface area contributed by atoms with E-state index in [0.29, 0.717) is 18.9 Å². The topological polar surface area (TPSA) is 44.1 Å². The van der Waals surface area contributed by atoms with E-state index in [1.165, 1.54) is 6.42 Å². The van der Waals surface area contributed by atoms with Crippen molar-refractivity contribution >= 4 is 5.91 Å². The molecule has 19 heavy (non-hydrogen) atoms. The fourth-order valence-corrected chi connectivity index (χ4v) is 3.09. The van der Waals surface area contributed by atoms with Crippen LogP contribution in [0.15, 0.2) is 0 Å². The van der Waals surface area contributed by atoms with Crippen LogP contribution >= 0.6 is 0 Å². The molecule has 0 radical (unpaired) electrons. The zero-order valence-corrected chi connectivity index (χ0v) is 12.9. The Labute approximate surface area is 118 Å². The zero-order valence-electron chi connectivity index (χ0n) is 12.9. The van der Waals surface area contributed by atoms with Gasteiger partial charge in [0.15, 0.2) is 0 Å². The average Bonchev–Trinajstić information content (AvgIpc) is 2.32. The van der Waals surface area contributed by atoms with Gasteiger partial charge >= 0.3 is 0 Å². The van der Waals surface area contributed by atoms with Gasteiger partial charge in [-0.1, -0.05) is 40.5 Å². The maximum atomic E-state index is 12.8. The molecule has 0 bridgehead atoms. The van der Waals surface area contributed by atoms with Crippen molar-refractivity contribution in [2.45, 2.75) is 59.8 Å². The first-order chi connectivity index (χ1) is 8.88. The molecule has 0 aromatic carbocycles. The summed E-state index contributed by atoms with van der Waals surface area (Å²) in [5.74, 6) is 0.863. The van der Waals surface area contributed by atoms with Gasteiger partial charge < -0.3 is 4.90 Å². The summed E-state index contributed by atoms with van der Waals surface area (Å²) < 4.78 is 0. The van der Waals surface area contributed by atoms with Crippen molar-refractivity contribution in [3.05, 3.63) is 0 Å². The highest BCUT2D eigenvalue weighted by atomic mass is 16.2. The van der Waals surface area contributed by atoms with E-state index >= 15 is 0 Å². The van der Waals surface area contributed by atoms with Gasteiger partial charge in [0.25, 0.3) is 0 Å². The minimum atomic E-state index is 0.108. The summed E-state index contributed by atoms with van der Waals surface area (Å²) in [6.07, 6.45) is 4.97. The number of nitriles is 1. The van der Waals surface area contributed by atoms with E-state index < -0.39 is 0 Å². The van der Waals surface area contributed by atoms with Gasteiger partial charge in [-0.15, -0.1) is 0 Å². The van der Waals surface area contributed by atoms with Crippen molar-refractivity contribution in [1.29, 1.82) is 5.26 Å². The van der Waals surface area contributed by atoms with Crippen LogP contribution in [-0.4, -0.2) is 23.9 Å². The van der Waals surface area contributed by atoms with Crippen LogP contribution in [0.5, 0.6) is 0 Å². The van der Waals surface area contributed by atoms with Crippen molar-refractivity contribution in [2.24, 2.45) is 17.3 Å². The molecule has 1 rings (SSSR count). The van der Waals surface area contributed by atoms with Gasteiger partial charge in [-0.3, -0.25) is 4.79 Å². The Kier molecular flexibility index (Phi) is 5.85. The molecule has 0 aromatic heterocycles. The lowest BCUT2D eigenvalue weighted by Gasteiger charge is -2.40. The Morgan fingerprint density at radius 1 is 1.42 bits per heavy atom. The second-order valence-electron chi connectivity index (χ2n) is 6.87. The van der Waals surface area contributed by atoms with Gasteiger partial charge in [0.05, 0.1) is 12.5 Å². The predicted molar refractivity (Wildman–Crippen MR) is 77.4 cm³/mol. The number of hydrogen-bond donors (Lipinski definition) is 0. The van der Waals surface area contributed by atoms with Gasteiger partial charge in [-0.2, -0.15) is 5.26 Å². The Morgan fingerprint density at radius 3 is 2.63 bits per heavy atom. The highest BCUT2D eigenvalue weighted by Gasteiger charge is 2.39. The second-order valence-corrected chi connectivity index (χ2v) is 6.87. The third kappa shape index (κ3) is 4.53. The van der Waals surface area contributed by atoms with E-state index in [4.69, 9.17) is 5.26 Å². The molecule has 1 amide bonds. The molecule has 1 aliphatic rings. The third-order valence-electron chi connectivity index (χ3n) is 4.20. The third-order valence-corrected chi connectivity index (χ3v) is 4.20. The molecule has 1 saturated carbocycles. The van der Waals surface area contributed by atoms with Gasteiger partial charge in [0.1, 0.15) is 0 Å². The van der Waals surface area contributed by atoms with Crippen LogP contribution < -0.4 is 0 Å². The lowest BCUT2D eigenvalue weighted by atomic mass is 9.68. The van der Waals surface area contributed by atoms with Gasteiger partial charge in [-0.05, 0) is 24.2 Å². The Bertz CT molecular complexity index is 341. The molecule has 0 aromatic rings. The predicted octanol–water partition coefficient (Wildman–Crippen LogP) is 3.60. The molecular formula is C16H28N2O. The molecular weight excluding hydrogens is 236 g/mol. The lowest BCUT2D eigenvalue weighted by molar-refractivity contribution is -0.141. The first-order valence-corrected chi connectivity index (χ1v) is 7.54. The molecule has 3 heteroatoms. The Balaban J connectivity index is 2.76. The van der Waals surface area contributed by atoms with Gasteiger partial charge in [0, 0.05) is 19.0 Å². The van der Waals surface area contributed by atoms with Crippen LogP contribution in [0.4, 0.5) is 0 Å². The number of amides is 1. The van der Waals surface area contributed by atoms with Crippen molar-refractivity contribution < 1.29 is 4.79 Å². The van der Waals surface area contributed by atoms with Crippen LogP contribution in [0.3, 0.4) is 0 Å². The standard InChI is InChI=1S/C16H28N2O/c1-13(2)12-18(11-7-10-17)15(19)14-8-5-6-9-16(14,3)4/h13-14H,5-9,11-12H2,1-4H3. The zero-order chi connectivity index (χ0) is 14.5. The van der Waals surface area contributed by atoms with Crippen molar-refractivity contribution in [1.82, 2.24) is 4.90 Å². The van der Waals surface area contributed by atoms with Crippen LogP contribution in [0.1, 0.15) is 59.8 Å². The van der Waals surface area contributed by atoms with E-state index in [9.17, 15) is 4.79 Å². The summed E-state index contributed by atoms with van der Waals surface area (Å²) in [6.45, 7) is 10.0. The molecule has 0 N–H and O–H groups in total. The SMILES string of the molecule is CC(C)CN(CCC#N)C(=O)C1CCCCC1(C)C. The fraction of sp³-hybridized carbons (Fsp3) is 0.875. The largest absolute Gasteiger partial charge is 0.341 e. The summed E-state index contributed by atoms with van der Waals surface area (Å²) in [4.78, 5) is 14.7. The molecule has 0 heterocycles. The maximum absolute atomic E-state index is 12.8. The fourth-order valence-electron chi connectivity index (χ4n) is 3.09. The highest BCUT2D eigenvalue weighted by Crippen LogP contribution is 2.41. The summed E-state index contributed by atoms with van der Waals surface area (Å²) >= 11 is 0. The van der Waals surface area contributed by atoms with E-state index in [2.05, 4.69) is 33.8 Å². The normalized spacial score (nSPS) is 22.0. The molecule has 3 nitrogen and oxygen atoms in total. The number of rotatable bonds is 5. The molecule has 0 aliphatic heterocycles. The second kappa shape index (κ2) is 6.93. The van der Waals surface area contributed by atoms with E-state index in [1.807, 2.05) is 4.90 Å². The van der Waals surface area contributed by atoms with E-state index in [1.54, 1.807) is 0 Å². The molecule has 108 valence electrons. The molecule has 1 fully saturated rings. The molecule has 0 saturated heterocycles. The summed E-state index contributed by atoms with van der Waals surface area (Å²) in [6, 6.07) is 2.16. The monoisotopic (exact) mass is 264 g/mol. The molecule has 1 atom stereocenters. The Morgan fingerprint density at radius 2 is 2.11 bits per heavy atom. The first-order valence-electron chi connectivity index (χ1n) is 7.54. The summed E-state index contributed by atoms with van der Waals surface area (Å²) in [5.41, 5.74) is 0.108. The van der Waals surface area contributed by atoms with Crippen molar-refractivity contribution in [3.8, 4) is 6.07 Å². The quantitative estimate of drug-likeness (QED) is 0.761. The molecule has 1 aliphatic carbocycles. The van der Waals surface area contributed by atoms with Crippen molar-refractivity contribution in [2.75, 3.05) is 13.1 Å². The average molecular weight is 264 g/mol. The van der Waals surface area contributed by atoms with E-state index in [0.717, 1.165) is 25.8 Å². The Hall–Kier alpha value is -1.04. The lowest BCUT2D eigenvalue weighted by Crippen LogP contribution is -2.45. The summed E-state index contributed by atoms with van der Waals surface area (Å²) in [5, 5.41) is 8.76. The number of hydrogen-bond acceptors (Lipinski definition) is 2. The number of nitrogens with zero attached hydrogens (tertiary/aromatic N) is 2. The van der Waals surface area contributed by atoms with Crippen LogP contribution in [0, 0.1) is 28.6 Å². The number of carbonyl (C=O) groups is 1. The maximum Gasteiger partial charge on any atom is 0.226 e. The summed E-state index contributed by atoms with van der Waals surface area (Å²) in [7, 11) is 0. The van der Waals surface area contributed by atoms with Crippen LogP contribution in [-0.2, 0) is 4.79 Å². The van der Waals surface area contributed by atoms with Crippen molar-refractivity contribution in [3.63, 3.8) is 0 Å². The smallest absolute Gasteiger partial charge is 0.226 e. The van der Waals surface area contributed by atoms with Gasteiger partial charge in [0.2, 0.25) is 5.91 Å². The molecule has 1 unspecified atom stereocenters. The first kappa shape index (κ1) is 16.0. The molecule has 0 spiro atoms. The number of carbonyl (C=O) groups excluding carboxylic acids is 1. The highest BCUT2D eigenvalue weighted by molar-refractivity contribution is 5.79. The van der Waals surface area contributed by atoms with Gasteiger partial charge in [-0.25, -0.2) is 0 Å². The van der Waals surface area contributed by atoms with Crippen LogP contribution in [0.25, 0.3) is 0 Å². The van der Waals surface area contributed by atoms with E-state index in [-0.39, 0.29) is 17.2 Å². The van der Waals surface area contributed by atoms with Crippen LogP contribution in [0.2, 0.25) is 0 Å². The minimum Gasteiger partial charge on any atom is -0.341 e.